The molecular formula is C18H31N5. The van der Waals surface area contributed by atoms with E-state index in [-0.39, 0.29) is 0 Å². The fraction of sp³-hybridized carbons (Fsp3) is 0.778. The van der Waals surface area contributed by atoms with E-state index in [1.807, 2.05) is 12.3 Å². The summed E-state index contributed by atoms with van der Waals surface area (Å²) in [7, 11) is 0. The van der Waals surface area contributed by atoms with Gasteiger partial charge in [-0.15, -0.1) is 0 Å². The molecule has 0 atom stereocenters. The highest BCUT2D eigenvalue weighted by Crippen LogP contribution is 2.18. The lowest BCUT2D eigenvalue weighted by Crippen LogP contribution is -2.34. The summed E-state index contributed by atoms with van der Waals surface area (Å²) >= 11 is 0. The first-order valence-corrected chi connectivity index (χ1v) is 9.47. The van der Waals surface area contributed by atoms with Crippen LogP contribution in [-0.2, 0) is 0 Å². The standard InChI is InChI=1S/C18H31N5/c1-2-7-15-23(14-6-1)17-10-11-20-18(22-17)21-13-12-19-16-8-4-3-5-9-16/h10-11,16,19H,1-9,12-15H2,(H,20,21,22). The molecule has 23 heavy (non-hydrogen) atoms. The molecule has 5 nitrogen and oxygen atoms in total. The van der Waals surface area contributed by atoms with Gasteiger partial charge in [-0.3, -0.25) is 0 Å². The van der Waals surface area contributed by atoms with E-state index in [1.54, 1.807) is 0 Å². The van der Waals surface area contributed by atoms with Gasteiger partial charge in [-0.1, -0.05) is 32.1 Å². The van der Waals surface area contributed by atoms with Gasteiger partial charge in [0.25, 0.3) is 0 Å². The Balaban J connectivity index is 1.43. The molecule has 2 fully saturated rings. The van der Waals surface area contributed by atoms with E-state index in [9.17, 15) is 0 Å². The molecule has 0 unspecified atom stereocenters. The maximum Gasteiger partial charge on any atom is 0.224 e. The summed E-state index contributed by atoms with van der Waals surface area (Å²) < 4.78 is 0. The van der Waals surface area contributed by atoms with Crippen molar-refractivity contribution < 1.29 is 0 Å². The first-order valence-electron chi connectivity index (χ1n) is 9.47. The summed E-state index contributed by atoms with van der Waals surface area (Å²) in [5.41, 5.74) is 0. The molecule has 1 saturated heterocycles. The van der Waals surface area contributed by atoms with Crippen LogP contribution in [0.25, 0.3) is 0 Å². The first kappa shape index (κ1) is 16.5. The van der Waals surface area contributed by atoms with Crippen LogP contribution in [0.5, 0.6) is 0 Å². The Labute approximate surface area is 140 Å². The van der Waals surface area contributed by atoms with E-state index < -0.39 is 0 Å². The monoisotopic (exact) mass is 317 g/mol. The fourth-order valence-electron chi connectivity index (χ4n) is 3.67. The molecule has 1 saturated carbocycles. The van der Waals surface area contributed by atoms with Crippen molar-refractivity contribution in [1.82, 2.24) is 15.3 Å². The number of aromatic nitrogens is 2. The van der Waals surface area contributed by atoms with Crippen molar-refractivity contribution in [1.29, 1.82) is 0 Å². The zero-order chi connectivity index (χ0) is 15.7. The number of hydrogen-bond donors (Lipinski definition) is 2. The number of rotatable bonds is 6. The Bertz CT molecular complexity index is 450. The molecule has 1 aliphatic heterocycles. The van der Waals surface area contributed by atoms with Gasteiger partial charge in [0.2, 0.25) is 5.95 Å². The lowest BCUT2D eigenvalue weighted by molar-refractivity contribution is 0.378. The van der Waals surface area contributed by atoms with Crippen molar-refractivity contribution >= 4 is 11.8 Å². The molecule has 2 aliphatic rings. The zero-order valence-corrected chi connectivity index (χ0v) is 14.3. The smallest absolute Gasteiger partial charge is 0.224 e. The molecule has 0 radical (unpaired) electrons. The van der Waals surface area contributed by atoms with Gasteiger partial charge < -0.3 is 15.5 Å². The average molecular weight is 317 g/mol. The summed E-state index contributed by atoms with van der Waals surface area (Å²) in [6.07, 6.45) is 14.0. The minimum Gasteiger partial charge on any atom is -0.356 e. The summed E-state index contributed by atoms with van der Waals surface area (Å²) in [6.45, 7) is 4.13. The van der Waals surface area contributed by atoms with E-state index in [0.717, 1.165) is 44.0 Å². The highest BCUT2D eigenvalue weighted by atomic mass is 15.2. The second-order valence-electron chi connectivity index (χ2n) is 6.86. The Kier molecular flexibility index (Phi) is 6.50. The predicted octanol–water partition coefficient (Wildman–Crippen LogP) is 3.19. The second kappa shape index (κ2) is 9.06. The fourth-order valence-corrected chi connectivity index (χ4v) is 3.67. The van der Waals surface area contributed by atoms with E-state index in [1.165, 1.54) is 57.8 Å². The van der Waals surface area contributed by atoms with Crippen molar-refractivity contribution in [3.8, 4) is 0 Å². The molecule has 3 rings (SSSR count). The van der Waals surface area contributed by atoms with E-state index >= 15 is 0 Å². The highest BCUT2D eigenvalue weighted by Gasteiger charge is 2.13. The third-order valence-corrected chi connectivity index (χ3v) is 5.02. The van der Waals surface area contributed by atoms with Crippen molar-refractivity contribution in [2.45, 2.75) is 63.8 Å². The Morgan fingerprint density at radius 2 is 1.70 bits per heavy atom. The van der Waals surface area contributed by atoms with Crippen molar-refractivity contribution in [3.05, 3.63) is 12.3 Å². The van der Waals surface area contributed by atoms with Crippen LogP contribution in [0.4, 0.5) is 11.8 Å². The molecule has 0 amide bonds. The molecule has 0 aromatic carbocycles. The van der Waals surface area contributed by atoms with Crippen molar-refractivity contribution in [3.63, 3.8) is 0 Å². The topological polar surface area (TPSA) is 53.1 Å². The normalized spacial score (nSPS) is 20.3. The van der Waals surface area contributed by atoms with Crippen LogP contribution in [0.3, 0.4) is 0 Å². The lowest BCUT2D eigenvalue weighted by atomic mass is 9.95. The number of anilines is 2. The highest BCUT2D eigenvalue weighted by molar-refractivity contribution is 5.42. The second-order valence-corrected chi connectivity index (χ2v) is 6.86. The third-order valence-electron chi connectivity index (χ3n) is 5.02. The molecule has 0 spiro atoms. The van der Waals surface area contributed by atoms with E-state index in [0.29, 0.717) is 0 Å². The minimum atomic E-state index is 0.718. The number of nitrogens with zero attached hydrogens (tertiary/aromatic N) is 3. The van der Waals surface area contributed by atoms with Gasteiger partial charge >= 0.3 is 0 Å². The first-order chi connectivity index (χ1) is 11.4. The summed E-state index contributed by atoms with van der Waals surface area (Å²) in [4.78, 5) is 11.5. The van der Waals surface area contributed by atoms with Crippen LogP contribution >= 0.6 is 0 Å². The van der Waals surface area contributed by atoms with Gasteiger partial charge in [-0.2, -0.15) is 4.98 Å². The van der Waals surface area contributed by atoms with Gasteiger partial charge in [0.05, 0.1) is 0 Å². The maximum atomic E-state index is 4.70. The quantitative estimate of drug-likeness (QED) is 0.789. The van der Waals surface area contributed by atoms with E-state index in [2.05, 4.69) is 20.5 Å². The summed E-state index contributed by atoms with van der Waals surface area (Å²) in [5, 5.41) is 7.02. The minimum absolute atomic E-state index is 0.718. The Morgan fingerprint density at radius 1 is 0.957 bits per heavy atom. The molecule has 128 valence electrons. The van der Waals surface area contributed by atoms with Crippen molar-refractivity contribution in [2.75, 3.05) is 36.4 Å². The SMILES string of the molecule is c1cc(N2CCCCCC2)nc(NCCNC2CCCCC2)n1. The van der Waals surface area contributed by atoms with Crippen molar-refractivity contribution in [2.24, 2.45) is 0 Å². The molecule has 2 N–H and O–H groups in total. The van der Waals surface area contributed by atoms with Crippen LogP contribution in [0.2, 0.25) is 0 Å². The average Bonchev–Trinajstić information content (AvgIpc) is 2.89. The molecule has 1 aromatic heterocycles. The van der Waals surface area contributed by atoms with Crippen LogP contribution in [0, 0.1) is 0 Å². The Hall–Kier alpha value is -1.36. The molecular weight excluding hydrogens is 286 g/mol. The van der Waals surface area contributed by atoms with Gasteiger partial charge in [-0.05, 0) is 31.7 Å². The lowest BCUT2D eigenvalue weighted by Gasteiger charge is -2.23. The van der Waals surface area contributed by atoms with Gasteiger partial charge in [-0.25, -0.2) is 4.98 Å². The van der Waals surface area contributed by atoms with Gasteiger partial charge in [0, 0.05) is 38.4 Å². The van der Waals surface area contributed by atoms with Crippen LogP contribution in [0.1, 0.15) is 57.8 Å². The largest absolute Gasteiger partial charge is 0.356 e. The van der Waals surface area contributed by atoms with Gasteiger partial charge in [0.1, 0.15) is 5.82 Å². The van der Waals surface area contributed by atoms with Crippen LogP contribution < -0.4 is 15.5 Å². The van der Waals surface area contributed by atoms with Crippen LogP contribution in [-0.4, -0.2) is 42.2 Å². The zero-order valence-electron chi connectivity index (χ0n) is 14.3. The van der Waals surface area contributed by atoms with Gasteiger partial charge in [0.15, 0.2) is 0 Å². The molecule has 2 heterocycles. The molecule has 0 bridgehead atoms. The van der Waals surface area contributed by atoms with E-state index in [4.69, 9.17) is 4.98 Å². The molecule has 1 aromatic rings. The third kappa shape index (κ3) is 5.34. The predicted molar refractivity (Wildman–Crippen MR) is 96.1 cm³/mol. The Morgan fingerprint density at radius 3 is 2.48 bits per heavy atom. The number of hydrogen-bond acceptors (Lipinski definition) is 5. The maximum absolute atomic E-state index is 4.70. The van der Waals surface area contributed by atoms with Crippen LogP contribution in [0.15, 0.2) is 12.3 Å². The molecule has 5 heteroatoms. The number of nitrogens with one attached hydrogen (secondary N) is 2. The molecule has 1 aliphatic carbocycles. The summed E-state index contributed by atoms with van der Waals surface area (Å²) in [5.74, 6) is 1.84. The summed E-state index contributed by atoms with van der Waals surface area (Å²) in [6, 6.07) is 2.76.